The molecule has 2 aromatic carbocycles. The minimum Gasteiger partial charge on any atom is -0.366 e. The summed E-state index contributed by atoms with van der Waals surface area (Å²) in [6.07, 6.45) is 0. The number of anilines is 1. The maximum Gasteiger partial charge on any atom is 0.289 e. The van der Waals surface area contributed by atoms with Crippen LogP contribution in [0.1, 0.15) is 20.7 Å². The van der Waals surface area contributed by atoms with E-state index >= 15 is 0 Å². The highest BCUT2D eigenvalue weighted by atomic mass is 16.6. The number of benzene rings is 2. The number of nitro groups is 2. The minimum absolute atomic E-state index is 0.231. The van der Waals surface area contributed by atoms with Gasteiger partial charge in [0, 0.05) is 17.3 Å². The van der Waals surface area contributed by atoms with Gasteiger partial charge in [0.2, 0.25) is 5.91 Å². The van der Waals surface area contributed by atoms with E-state index in [1.54, 1.807) is 0 Å². The molecule has 0 saturated heterocycles. The maximum absolute atomic E-state index is 12.2. The third kappa shape index (κ3) is 3.50. The Morgan fingerprint density at radius 1 is 0.958 bits per heavy atom. The van der Waals surface area contributed by atoms with Gasteiger partial charge in [-0.05, 0) is 30.3 Å². The van der Waals surface area contributed by atoms with Crippen LogP contribution in [0, 0.1) is 20.2 Å². The van der Waals surface area contributed by atoms with Crippen molar-refractivity contribution in [3.8, 4) is 0 Å². The molecule has 10 nitrogen and oxygen atoms in total. The van der Waals surface area contributed by atoms with E-state index in [4.69, 9.17) is 5.73 Å². The van der Waals surface area contributed by atoms with Gasteiger partial charge in [-0.2, -0.15) is 0 Å². The number of nitro benzene ring substituents is 2. The largest absolute Gasteiger partial charge is 0.366 e. The number of hydrogen-bond donors (Lipinski definition) is 2. The van der Waals surface area contributed by atoms with Crippen LogP contribution in [0.15, 0.2) is 42.5 Å². The Morgan fingerprint density at radius 2 is 1.58 bits per heavy atom. The number of carbonyl (C=O) groups is 2. The molecular formula is C14H10N4O6. The summed E-state index contributed by atoms with van der Waals surface area (Å²) in [5.74, 6) is -1.46. The summed E-state index contributed by atoms with van der Waals surface area (Å²) in [4.78, 5) is 43.2. The third-order valence-corrected chi connectivity index (χ3v) is 3.06. The molecule has 0 spiro atoms. The number of rotatable bonds is 5. The molecule has 0 aliphatic rings. The molecule has 0 saturated carbocycles. The SMILES string of the molecule is NC(=O)c1ccc(NC(=O)c2ccc([N+](=O)[O-])cc2[N+](=O)[O-])cc1. The lowest BCUT2D eigenvalue weighted by molar-refractivity contribution is -0.394. The predicted octanol–water partition coefficient (Wildman–Crippen LogP) is 1.85. The number of nitrogens with zero attached hydrogens (tertiary/aromatic N) is 2. The fourth-order valence-corrected chi connectivity index (χ4v) is 1.89. The summed E-state index contributed by atoms with van der Waals surface area (Å²) in [5, 5.41) is 24.1. The smallest absolute Gasteiger partial charge is 0.289 e. The first-order valence-corrected chi connectivity index (χ1v) is 6.43. The van der Waals surface area contributed by atoms with Gasteiger partial charge in [-0.25, -0.2) is 0 Å². The van der Waals surface area contributed by atoms with Crippen molar-refractivity contribution in [2.45, 2.75) is 0 Å². The summed E-state index contributed by atoms with van der Waals surface area (Å²) < 4.78 is 0. The Balaban J connectivity index is 2.30. The Bertz CT molecular complexity index is 847. The first kappa shape index (κ1) is 16.5. The lowest BCUT2D eigenvalue weighted by Gasteiger charge is -2.06. The zero-order valence-electron chi connectivity index (χ0n) is 12.0. The average Bonchev–Trinajstić information content (AvgIpc) is 2.54. The van der Waals surface area contributed by atoms with Crippen molar-refractivity contribution in [1.29, 1.82) is 0 Å². The second kappa shape index (κ2) is 6.52. The van der Waals surface area contributed by atoms with Crippen molar-refractivity contribution in [2.24, 2.45) is 5.73 Å². The molecule has 3 N–H and O–H groups in total. The van der Waals surface area contributed by atoms with Crippen LogP contribution >= 0.6 is 0 Å². The van der Waals surface area contributed by atoms with E-state index in [0.29, 0.717) is 6.07 Å². The maximum atomic E-state index is 12.2. The molecule has 0 aromatic heterocycles. The third-order valence-electron chi connectivity index (χ3n) is 3.06. The minimum atomic E-state index is -0.877. The Hall–Kier alpha value is -3.82. The monoisotopic (exact) mass is 330 g/mol. The summed E-state index contributed by atoms with van der Waals surface area (Å²) >= 11 is 0. The number of non-ortho nitro benzene ring substituents is 1. The van der Waals surface area contributed by atoms with Crippen LogP contribution < -0.4 is 11.1 Å². The molecule has 0 fully saturated rings. The molecule has 0 atom stereocenters. The second-order valence-electron chi connectivity index (χ2n) is 4.61. The summed E-state index contributed by atoms with van der Waals surface area (Å²) in [5.41, 5.74) is 4.09. The molecule has 2 aromatic rings. The molecule has 10 heteroatoms. The van der Waals surface area contributed by atoms with Gasteiger partial charge in [-0.15, -0.1) is 0 Å². The number of primary amides is 1. The van der Waals surface area contributed by atoms with Crippen LogP contribution in [0.25, 0.3) is 0 Å². The van der Waals surface area contributed by atoms with Crippen molar-refractivity contribution < 1.29 is 19.4 Å². The van der Waals surface area contributed by atoms with Gasteiger partial charge in [-0.3, -0.25) is 29.8 Å². The summed E-state index contributed by atoms with van der Waals surface area (Å²) in [6.45, 7) is 0. The van der Waals surface area contributed by atoms with Gasteiger partial charge in [0.1, 0.15) is 5.56 Å². The van der Waals surface area contributed by atoms with Gasteiger partial charge >= 0.3 is 0 Å². The number of amides is 2. The first-order valence-electron chi connectivity index (χ1n) is 6.43. The second-order valence-corrected chi connectivity index (χ2v) is 4.61. The lowest BCUT2D eigenvalue weighted by Crippen LogP contribution is -2.15. The van der Waals surface area contributed by atoms with Crippen molar-refractivity contribution in [3.05, 3.63) is 73.8 Å². The molecule has 0 unspecified atom stereocenters. The van der Waals surface area contributed by atoms with Crippen LogP contribution in [0.4, 0.5) is 17.1 Å². The van der Waals surface area contributed by atoms with E-state index in [1.165, 1.54) is 24.3 Å². The summed E-state index contributed by atoms with van der Waals surface area (Å²) in [7, 11) is 0. The van der Waals surface area contributed by atoms with E-state index in [-0.39, 0.29) is 16.8 Å². The van der Waals surface area contributed by atoms with Crippen LogP contribution in [-0.2, 0) is 0 Å². The molecule has 24 heavy (non-hydrogen) atoms. The molecule has 0 aliphatic heterocycles. The van der Waals surface area contributed by atoms with Gasteiger partial charge in [0.15, 0.2) is 0 Å². The number of nitrogens with one attached hydrogen (secondary N) is 1. The molecule has 2 amide bonds. The van der Waals surface area contributed by atoms with Crippen molar-refractivity contribution in [3.63, 3.8) is 0 Å². The topological polar surface area (TPSA) is 158 Å². The van der Waals surface area contributed by atoms with E-state index in [2.05, 4.69) is 5.32 Å². The zero-order chi connectivity index (χ0) is 17.9. The molecule has 0 radical (unpaired) electrons. The predicted molar refractivity (Wildman–Crippen MR) is 82.7 cm³/mol. The van der Waals surface area contributed by atoms with Crippen molar-refractivity contribution in [1.82, 2.24) is 0 Å². The average molecular weight is 330 g/mol. The highest BCUT2D eigenvalue weighted by molar-refractivity contribution is 6.07. The molecule has 0 heterocycles. The highest BCUT2D eigenvalue weighted by Gasteiger charge is 2.24. The number of carbonyl (C=O) groups excluding carboxylic acids is 2. The number of nitrogens with two attached hydrogens (primary N) is 1. The highest BCUT2D eigenvalue weighted by Crippen LogP contribution is 2.25. The van der Waals surface area contributed by atoms with E-state index in [9.17, 15) is 29.8 Å². The molecule has 0 bridgehead atoms. The van der Waals surface area contributed by atoms with E-state index < -0.39 is 33.0 Å². The fourth-order valence-electron chi connectivity index (χ4n) is 1.89. The number of hydrogen-bond acceptors (Lipinski definition) is 6. The Morgan fingerprint density at radius 3 is 2.08 bits per heavy atom. The molecule has 122 valence electrons. The molecular weight excluding hydrogens is 320 g/mol. The van der Waals surface area contributed by atoms with Crippen molar-refractivity contribution >= 4 is 28.9 Å². The first-order chi connectivity index (χ1) is 11.3. The Kier molecular flexibility index (Phi) is 4.50. The van der Waals surface area contributed by atoms with Gasteiger partial charge < -0.3 is 11.1 Å². The normalized spacial score (nSPS) is 10.0. The quantitative estimate of drug-likeness (QED) is 0.628. The summed E-state index contributed by atoms with van der Waals surface area (Å²) in [6, 6.07) is 8.27. The zero-order valence-corrected chi connectivity index (χ0v) is 12.0. The lowest BCUT2D eigenvalue weighted by atomic mass is 10.1. The molecule has 0 aliphatic carbocycles. The van der Waals surface area contributed by atoms with Crippen molar-refractivity contribution in [2.75, 3.05) is 5.32 Å². The van der Waals surface area contributed by atoms with Gasteiger partial charge in [0.25, 0.3) is 17.3 Å². The van der Waals surface area contributed by atoms with Crippen LogP contribution in [-0.4, -0.2) is 21.7 Å². The van der Waals surface area contributed by atoms with Crippen LogP contribution in [0.2, 0.25) is 0 Å². The van der Waals surface area contributed by atoms with E-state index in [0.717, 1.165) is 12.1 Å². The molecule has 2 rings (SSSR count). The fraction of sp³-hybridized carbons (Fsp3) is 0. The van der Waals surface area contributed by atoms with Gasteiger partial charge in [0.05, 0.1) is 15.9 Å². The van der Waals surface area contributed by atoms with Gasteiger partial charge in [-0.1, -0.05) is 0 Å². The van der Waals surface area contributed by atoms with Crippen LogP contribution in [0.3, 0.4) is 0 Å². The Labute approximate surface area is 134 Å². The van der Waals surface area contributed by atoms with Crippen LogP contribution in [0.5, 0.6) is 0 Å². The standard InChI is InChI=1S/C14H10N4O6/c15-13(19)8-1-3-9(4-2-8)16-14(20)11-6-5-10(17(21)22)7-12(11)18(23)24/h1-7H,(H2,15,19)(H,16,20). The van der Waals surface area contributed by atoms with E-state index in [1.807, 2.05) is 0 Å².